The van der Waals surface area contributed by atoms with E-state index in [-0.39, 0.29) is 0 Å². The third-order valence-electron chi connectivity index (χ3n) is 2.86. The van der Waals surface area contributed by atoms with Gasteiger partial charge in [-0.3, -0.25) is 0 Å². The molecule has 2 aliphatic rings. The van der Waals surface area contributed by atoms with Gasteiger partial charge in [-0.25, -0.2) is 5.26 Å². The van der Waals surface area contributed by atoms with Crippen molar-refractivity contribution in [2.75, 3.05) is 0 Å². The predicted molar refractivity (Wildman–Crippen MR) is 60.5 cm³/mol. The van der Waals surface area contributed by atoms with Crippen LogP contribution in [0.4, 0.5) is 0 Å². The first kappa shape index (κ1) is 9.39. The minimum absolute atomic E-state index is 0.491. The van der Waals surface area contributed by atoms with Crippen molar-refractivity contribution < 1.29 is 15.2 Å². The fourth-order valence-corrected chi connectivity index (χ4v) is 2.16. The zero-order valence-corrected chi connectivity index (χ0v) is 8.51. The molecule has 0 aromatic heterocycles. The van der Waals surface area contributed by atoms with Crippen molar-refractivity contribution in [2.45, 2.75) is 6.42 Å². The van der Waals surface area contributed by atoms with E-state index in [2.05, 4.69) is 34.2 Å². The monoisotopic (exact) mass is 214 g/mol. The summed E-state index contributed by atoms with van der Waals surface area (Å²) in [6.45, 7) is 0. The Balaban J connectivity index is 2.05. The summed E-state index contributed by atoms with van der Waals surface area (Å²) in [5.41, 5.74) is 4.89. The number of rotatable bonds is 2. The molecule has 3 nitrogen and oxygen atoms in total. The van der Waals surface area contributed by atoms with Crippen LogP contribution in [0.5, 0.6) is 5.75 Å². The molecule has 0 atom stereocenters. The molecule has 0 spiro atoms. The lowest BCUT2D eigenvalue weighted by molar-refractivity contribution is -0.438. The molecule has 3 heteroatoms. The van der Waals surface area contributed by atoms with Crippen LogP contribution < -0.4 is 4.89 Å². The van der Waals surface area contributed by atoms with Gasteiger partial charge in [-0.2, -0.15) is 0 Å². The van der Waals surface area contributed by atoms with Crippen LogP contribution in [0, 0.1) is 0 Å². The average molecular weight is 214 g/mol. The lowest BCUT2D eigenvalue weighted by Gasteiger charge is -2.08. The van der Waals surface area contributed by atoms with E-state index in [4.69, 9.17) is 5.26 Å². The number of allylic oxidation sites excluding steroid dienone is 5. The summed E-state index contributed by atoms with van der Waals surface area (Å²) in [7, 11) is 0. The molecule has 0 fully saturated rings. The van der Waals surface area contributed by atoms with Crippen LogP contribution in [0.25, 0.3) is 11.6 Å². The number of fused-ring (bicyclic) bond motifs is 3. The Kier molecular flexibility index (Phi) is 2.13. The maximum absolute atomic E-state index is 8.22. The smallest absolute Gasteiger partial charge is 0.169 e. The molecule has 1 N–H and O–H groups in total. The zero-order valence-electron chi connectivity index (χ0n) is 8.51. The quantitative estimate of drug-likeness (QED) is 0.606. The average Bonchev–Trinajstić information content (AvgIpc) is 2.67. The van der Waals surface area contributed by atoms with Crippen LogP contribution >= 0.6 is 0 Å². The van der Waals surface area contributed by atoms with Crippen LogP contribution in [0.1, 0.15) is 17.5 Å². The van der Waals surface area contributed by atoms with Crippen molar-refractivity contribution in [1.29, 1.82) is 0 Å². The highest BCUT2D eigenvalue weighted by Crippen LogP contribution is 2.40. The van der Waals surface area contributed by atoms with Gasteiger partial charge in [0.15, 0.2) is 5.75 Å². The Morgan fingerprint density at radius 1 is 1.25 bits per heavy atom. The molecule has 0 saturated carbocycles. The Hall–Kier alpha value is -1.84. The minimum Gasteiger partial charge on any atom is -0.308 e. The Labute approximate surface area is 92.8 Å². The molecular weight excluding hydrogens is 204 g/mol. The number of benzene rings is 1. The maximum Gasteiger partial charge on any atom is 0.169 e. The van der Waals surface area contributed by atoms with Crippen molar-refractivity contribution in [3.63, 3.8) is 0 Å². The van der Waals surface area contributed by atoms with Crippen LogP contribution in [-0.4, -0.2) is 5.26 Å². The standard InChI is InChI=1S/C13H10O3/c14-16-15-11-5-6-13-10(8-11)7-9-3-1-2-4-12(9)13/h1-2,4-8,14H,3H2. The molecule has 0 heterocycles. The maximum atomic E-state index is 8.22. The lowest BCUT2D eigenvalue weighted by Crippen LogP contribution is -1.92. The molecule has 0 radical (unpaired) electrons. The molecule has 80 valence electrons. The summed E-state index contributed by atoms with van der Waals surface area (Å²) in [6.07, 6.45) is 9.42. The van der Waals surface area contributed by atoms with Gasteiger partial charge in [-0.05, 0) is 51.9 Å². The van der Waals surface area contributed by atoms with Gasteiger partial charge in [-0.15, -0.1) is 0 Å². The SMILES string of the molecule is OOOc1ccc2c(c1)C=C1CC=CC=C12. The molecule has 1 aromatic carbocycles. The van der Waals surface area contributed by atoms with E-state index in [9.17, 15) is 0 Å². The molecule has 16 heavy (non-hydrogen) atoms. The first-order chi connectivity index (χ1) is 7.88. The summed E-state index contributed by atoms with van der Waals surface area (Å²) in [4.78, 5) is 4.58. The van der Waals surface area contributed by atoms with Crippen molar-refractivity contribution in [2.24, 2.45) is 0 Å². The first-order valence-electron chi connectivity index (χ1n) is 5.09. The van der Waals surface area contributed by atoms with E-state index in [0.717, 1.165) is 12.0 Å². The molecular formula is C13H10O3. The van der Waals surface area contributed by atoms with Crippen LogP contribution in [0.2, 0.25) is 0 Å². The highest BCUT2D eigenvalue weighted by molar-refractivity contribution is 5.96. The molecule has 2 aliphatic carbocycles. The molecule has 0 saturated heterocycles. The van der Waals surface area contributed by atoms with Crippen LogP contribution in [0.15, 0.2) is 42.0 Å². The Morgan fingerprint density at radius 3 is 3.06 bits per heavy atom. The minimum atomic E-state index is 0.491. The summed E-state index contributed by atoms with van der Waals surface area (Å²) < 4.78 is 0. The van der Waals surface area contributed by atoms with E-state index < -0.39 is 0 Å². The Bertz CT molecular complexity index is 524. The van der Waals surface area contributed by atoms with E-state index in [0.29, 0.717) is 5.75 Å². The van der Waals surface area contributed by atoms with Gasteiger partial charge in [0, 0.05) is 0 Å². The lowest BCUT2D eigenvalue weighted by atomic mass is 9.97. The van der Waals surface area contributed by atoms with Gasteiger partial charge < -0.3 is 4.89 Å². The summed E-state index contributed by atoms with van der Waals surface area (Å²) in [5, 5.41) is 11.9. The molecule has 0 bridgehead atoms. The van der Waals surface area contributed by atoms with Crippen LogP contribution in [-0.2, 0) is 5.04 Å². The summed E-state index contributed by atoms with van der Waals surface area (Å²) >= 11 is 0. The van der Waals surface area contributed by atoms with Gasteiger partial charge in [0.1, 0.15) is 0 Å². The molecule has 0 amide bonds. The van der Waals surface area contributed by atoms with Gasteiger partial charge >= 0.3 is 0 Å². The summed E-state index contributed by atoms with van der Waals surface area (Å²) in [5.74, 6) is 0.491. The predicted octanol–water partition coefficient (Wildman–Crippen LogP) is 3.21. The van der Waals surface area contributed by atoms with Crippen molar-refractivity contribution in [1.82, 2.24) is 0 Å². The molecule has 3 rings (SSSR count). The largest absolute Gasteiger partial charge is 0.308 e. The summed E-state index contributed by atoms with van der Waals surface area (Å²) in [6, 6.07) is 5.58. The highest BCUT2D eigenvalue weighted by atomic mass is 17.5. The fourth-order valence-electron chi connectivity index (χ4n) is 2.16. The van der Waals surface area contributed by atoms with Gasteiger partial charge in [0.05, 0.1) is 0 Å². The molecule has 0 unspecified atom stereocenters. The second-order valence-electron chi connectivity index (χ2n) is 3.79. The van der Waals surface area contributed by atoms with Crippen molar-refractivity contribution in [3.05, 3.63) is 53.1 Å². The third kappa shape index (κ3) is 1.38. The third-order valence-corrected chi connectivity index (χ3v) is 2.86. The first-order valence-corrected chi connectivity index (χ1v) is 5.09. The van der Waals surface area contributed by atoms with Gasteiger partial charge in [-0.1, -0.05) is 24.3 Å². The highest BCUT2D eigenvalue weighted by Gasteiger charge is 2.19. The fraction of sp³-hybridized carbons (Fsp3) is 0.0769. The second kappa shape index (κ2) is 3.63. The topological polar surface area (TPSA) is 38.7 Å². The number of hydrogen-bond donors (Lipinski definition) is 1. The van der Waals surface area contributed by atoms with E-state index in [1.807, 2.05) is 12.1 Å². The molecule has 0 aliphatic heterocycles. The normalized spacial score (nSPS) is 16.3. The van der Waals surface area contributed by atoms with E-state index in [1.54, 1.807) is 6.07 Å². The Morgan fingerprint density at radius 2 is 2.19 bits per heavy atom. The van der Waals surface area contributed by atoms with Gasteiger partial charge in [0.25, 0.3) is 0 Å². The number of hydrogen-bond acceptors (Lipinski definition) is 3. The van der Waals surface area contributed by atoms with Crippen molar-refractivity contribution in [3.8, 4) is 5.75 Å². The van der Waals surface area contributed by atoms with E-state index in [1.165, 1.54) is 16.7 Å². The van der Waals surface area contributed by atoms with Crippen molar-refractivity contribution >= 4 is 11.6 Å². The second-order valence-corrected chi connectivity index (χ2v) is 3.79. The molecule has 1 aromatic rings. The van der Waals surface area contributed by atoms with E-state index >= 15 is 0 Å². The van der Waals surface area contributed by atoms with Gasteiger partial charge in [0.2, 0.25) is 0 Å². The zero-order chi connectivity index (χ0) is 11.0. The van der Waals surface area contributed by atoms with Crippen LogP contribution in [0.3, 0.4) is 0 Å².